The van der Waals surface area contributed by atoms with Gasteiger partial charge in [0.25, 0.3) is 0 Å². The molecule has 8 heteroatoms. The third-order valence-corrected chi connectivity index (χ3v) is 10.5. The minimum absolute atomic E-state index is 0.0332. The second kappa shape index (κ2) is 9.93. The Labute approximate surface area is 234 Å². The summed E-state index contributed by atoms with van der Waals surface area (Å²) >= 11 is 0. The molecule has 0 aromatic rings. The number of hydrogen-bond acceptors (Lipinski definition) is 8. The van der Waals surface area contributed by atoms with Crippen LogP contribution in [0.15, 0.2) is 58.4 Å². The van der Waals surface area contributed by atoms with Crippen LogP contribution < -0.4 is 0 Å². The molecule has 5 rings (SSSR count). The van der Waals surface area contributed by atoms with Gasteiger partial charge < -0.3 is 25.2 Å². The van der Waals surface area contributed by atoms with Crippen molar-refractivity contribution in [2.45, 2.75) is 77.8 Å². The minimum atomic E-state index is -1.94. The van der Waals surface area contributed by atoms with E-state index in [0.717, 1.165) is 5.57 Å². The highest BCUT2D eigenvalue weighted by molar-refractivity contribution is 6.26. The molecule has 2 bridgehead atoms. The number of ketones is 1. The summed E-state index contributed by atoms with van der Waals surface area (Å²) in [6.07, 6.45) is 7.02. The summed E-state index contributed by atoms with van der Waals surface area (Å²) < 4.78 is 5.81. The number of ether oxygens (including phenoxy) is 1. The van der Waals surface area contributed by atoms with Crippen LogP contribution in [0, 0.1) is 40.9 Å². The molecule has 0 aromatic heterocycles. The fourth-order valence-corrected chi connectivity index (χ4v) is 8.42. The Morgan fingerprint density at radius 3 is 2.40 bits per heavy atom. The lowest BCUT2D eigenvalue weighted by molar-refractivity contribution is -0.159. The third-order valence-electron chi connectivity index (χ3n) is 10.5. The molecule has 4 aliphatic carbocycles. The predicted octanol–water partition coefficient (Wildman–Crippen LogP) is 3.29. The average Bonchev–Trinajstić information content (AvgIpc) is 3.14. The topological polar surface area (TPSA) is 141 Å². The van der Waals surface area contributed by atoms with E-state index < -0.39 is 58.5 Å². The summed E-state index contributed by atoms with van der Waals surface area (Å²) in [5, 5.41) is 45.4. The van der Waals surface area contributed by atoms with Gasteiger partial charge in [-0.1, -0.05) is 50.6 Å². The van der Waals surface area contributed by atoms with Crippen molar-refractivity contribution < 1.29 is 39.5 Å². The van der Waals surface area contributed by atoms with E-state index in [1.165, 1.54) is 6.08 Å². The number of hydrogen-bond donors (Lipinski definition) is 4. The van der Waals surface area contributed by atoms with Gasteiger partial charge in [0.05, 0.1) is 24.2 Å². The van der Waals surface area contributed by atoms with Gasteiger partial charge in [-0.2, -0.15) is 0 Å². The van der Waals surface area contributed by atoms with Crippen molar-refractivity contribution in [1.82, 2.24) is 0 Å². The van der Waals surface area contributed by atoms with Crippen LogP contribution in [-0.2, 0) is 19.1 Å². The highest BCUT2D eigenvalue weighted by Gasteiger charge is 2.64. The molecule has 0 aromatic carbocycles. The van der Waals surface area contributed by atoms with Crippen molar-refractivity contribution in [3.05, 3.63) is 58.4 Å². The predicted molar refractivity (Wildman–Crippen MR) is 147 cm³/mol. The molecular weight excluding hydrogens is 512 g/mol. The first-order valence-electron chi connectivity index (χ1n) is 14.2. The van der Waals surface area contributed by atoms with Crippen molar-refractivity contribution in [2.24, 2.45) is 40.9 Å². The van der Waals surface area contributed by atoms with Crippen LogP contribution in [0.25, 0.3) is 0 Å². The van der Waals surface area contributed by atoms with Crippen LogP contribution in [0.1, 0.15) is 53.9 Å². The molecule has 216 valence electrons. The number of aliphatic hydroxyl groups excluding tert-OH is 4. The molecule has 1 heterocycles. The molecule has 1 saturated carbocycles. The zero-order valence-corrected chi connectivity index (χ0v) is 23.7. The number of allylic oxidation sites excluding steroid dienone is 3. The molecule has 4 N–H and O–H groups in total. The van der Waals surface area contributed by atoms with Crippen LogP contribution in [0.5, 0.6) is 0 Å². The summed E-state index contributed by atoms with van der Waals surface area (Å²) in [6.45, 7) is 9.50. The van der Waals surface area contributed by atoms with Gasteiger partial charge in [-0.05, 0) is 61.7 Å². The Bertz CT molecular complexity index is 1290. The maximum Gasteiger partial charge on any atom is 0.346 e. The van der Waals surface area contributed by atoms with E-state index in [1.54, 1.807) is 13.0 Å². The normalized spacial score (nSPS) is 49.8. The summed E-state index contributed by atoms with van der Waals surface area (Å²) in [7, 11) is 0. The van der Waals surface area contributed by atoms with Gasteiger partial charge in [0.2, 0.25) is 5.78 Å². The lowest BCUT2D eigenvalue weighted by atomic mass is 9.49. The Hall–Kier alpha value is -2.81. The number of aliphatic hydroxyl groups is 4. The zero-order valence-electron chi connectivity index (χ0n) is 23.7. The second-order valence-electron chi connectivity index (χ2n) is 12.9. The minimum Gasteiger partial charge on any atom is -0.511 e. The molecule has 2 fully saturated rings. The molecule has 40 heavy (non-hydrogen) atoms. The van der Waals surface area contributed by atoms with Crippen LogP contribution in [-0.4, -0.2) is 62.4 Å². The largest absolute Gasteiger partial charge is 0.511 e. The molecule has 0 radical (unpaired) electrons. The van der Waals surface area contributed by atoms with E-state index >= 15 is 0 Å². The quantitative estimate of drug-likeness (QED) is 0.168. The molecule has 8 nitrogen and oxygen atoms in total. The molecule has 1 saturated heterocycles. The molecule has 11 atom stereocenters. The smallest absolute Gasteiger partial charge is 0.346 e. The van der Waals surface area contributed by atoms with Crippen LogP contribution in [0.2, 0.25) is 0 Å². The maximum absolute atomic E-state index is 14.3. The average molecular weight is 553 g/mol. The molecule has 1 aliphatic heterocycles. The highest BCUT2D eigenvalue weighted by atomic mass is 16.6. The molecule has 0 unspecified atom stereocenters. The Balaban J connectivity index is 1.79. The molecular formula is C32H40O8. The van der Waals surface area contributed by atoms with Gasteiger partial charge in [0.1, 0.15) is 17.6 Å². The van der Waals surface area contributed by atoms with E-state index in [9.17, 15) is 34.8 Å². The van der Waals surface area contributed by atoms with Crippen LogP contribution in [0.4, 0.5) is 0 Å². The van der Waals surface area contributed by atoms with Gasteiger partial charge in [-0.3, -0.25) is 9.59 Å². The summed E-state index contributed by atoms with van der Waals surface area (Å²) in [5.41, 5.74) is -2.12. The summed E-state index contributed by atoms with van der Waals surface area (Å²) in [5.74, 6) is -4.22. The van der Waals surface area contributed by atoms with Crippen molar-refractivity contribution in [1.29, 1.82) is 0 Å². The Morgan fingerprint density at radius 1 is 1.02 bits per heavy atom. The highest BCUT2D eigenvalue weighted by Crippen LogP contribution is 2.60. The van der Waals surface area contributed by atoms with Crippen LogP contribution >= 0.6 is 0 Å². The third kappa shape index (κ3) is 4.02. The monoisotopic (exact) mass is 552 g/mol. The first-order valence-corrected chi connectivity index (χ1v) is 14.2. The first kappa shape index (κ1) is 28.7. The number of Topliss-reactive ketones (excluding diaryl/α,β-unsaturated/α-hetero) is 1. The lowest BCUT2D eigenvalue weighted by Crippen LogP contribution is -2.54. The zero-order chi connectivity index (χ0) is 29.3. The van der Waals surface area contributed by atoms with Crippen LogP contribution in [0.3, 0.4) is 0 Å². The van der Waals surface area contributed by atoms with Gasteiger partial charge >= 0.3 is 5.97 Å². The molecule has 1 spiro atoms. The van der Waals surface area contributed by atoms with Crippen molar-refractivity contribution in [3.8, 4) is 0 Å². The number of esters is 1. The SMILES string of the molecule is C/C1=C\[C@@H]2[C@@H](O)C=C(C=O)C[C@]23OC(=O)/C(=C(\O)[C@]2(C)[C@H]4[C@H](C=C[C@H]2/C(C)=C/C[C@@H]1O)[C@@H](O)[C@@H](C)C[C@@H]4C)C3=O. The Morgan fingerprint density at radius 2 is 1.73 bits per heavy atom. The maximum atomic E-state index is 14.3. The Kier molecular flexibility index (Phi) is 7.12. The van der Waals surface area contributed by atoms with Gasteiger partial charge in [-0.25, -0.2) is 4.79 Å². The van der Waals surface area contributed by atoms with E-state index in [2.05, 4.69) is 6.92 Å². The van der Waals surface area contributed by atoms with E-state index in [1.807, 2.05) is 39.0 Å². The van der Waals surface area contributed by atoms with E-state index in [0.29, 0.717) is 18.3 Å². The van der Waals surface area contributed by atoms with Gasteiger partial charge in [0, 0.05) is 23.7 Å². The number of fused-ring (bicyclic) bond motifs is 4. The lowest BCUT2D eigenvalue weighted by Gasteiger charge is -2.55. The summed E-state index contributed by atoms with van der Waals surface area (Å²) in [6, 6.07) is 0. The fourth-order valence-electron chi connectivity index (χ4n) is 8.42. The number of rotatable bonds is 1. The second-order valence-corrected chi connectivity index (χ2v) is 12.9. The molecule has 5 aliphatic rings. The van der Waals surface area contributed by atoms with Gasteiger partial charge in [0.15, 0.2) is 5.60 Å². The van der Waals surface area contributed by atoms with Gasteiger partial charge in [-0.15, -0.1) is 0 Å². The summed E-state index contributed by atoms with van der Waals surface area (Å²) in [4.78, 5) is 39.7. The number of carbonyl (C=O) groups excluding carboxylic acids is 3. The first-order chi connectivity index (χ1) is 18.8. The van der Waals surface area contributed by atoms with E-state index in [4.69, 9.17) is 4.74 Å². The van der Waals surface area contributed by atoms with E-state index in [-0.39, 0.29) is 47.8 Å². The number of aldehydes is 1. The van der Waals surface area contributed by atoms with Crippen molar-refractivity contribution in [3.63, 3.8) is 0 Å². The fraction of sp³-hybridized carbons (Fsp3) is 0.594. The standard InChI is InChI=1S/C32H40O8/c1-15-6-9-23(34)16(2)11-22-24(35)12-19(14-33)13-32(22)29(38)25(30(39)40-32)28(37)31(5)21(15)8-7-20-26(31)17(3)10-18(4)27(20)36/h6-8,11-12,14,17-18,20-24,26-27,34-37H,9-10,13H2,1-5H3/b15-6+,16-11+,28-25-/t17-,18-,20-,21-,22+,23-,24-,26+,27-,31-,32-/m0/s1. The van der Waals surface area contributed by atoms with Crippen molar-refractivity contribution in [2.75, 3.05) is 0 Å². The number of carbonyl (C=O) groups is 3. The van der Waals surface area contributed by atoms with Crippen molar-refractivity contribution >= 4 is 18.0 Å². The molecule has 0 amide bonds.